The van der Waals surface area contributed by atoms with Crippen LogP contribution in [0.1, 0.15) is 30.4 Å². The first-order valence-corrected chi connectivity index (χ1v) is 6.37. The van der Waals surface area contributed by atoms with Crippen molar-refractivity contribution in [3.8, 4) is 0 Å². The highest BCUT2D eigenvalue weighted by molar-refractivity contribution is 5.94. The predicted molar refractivity (Wildman–Crippen MR) is 71.1 cm³/mol. The van der Waals surface area contributed by atoms with E-state index in [2.05, 4.69) is 4.90 Å². The average molecular weight is 249 g/mol. The molecule has 1 fully saturated rings. The molecule has 18 heavy (non-hydrogen) atoms. The van der Waals surface area contributed by atoms with Crippen molar-refractivity contribution < 1.29 is 4.39 Å². The van der Waals surface area contributed by atoms with Gasteiger partial charge in [-0.1, -0.05) is 18.6 Å². The molecule has 0 bridgehead atoms. The molecule has 0 atom stereocenters. The number of amidine groups is 1. The molecule has 1 aromatic carbocycles. The molecule has 1 aliphatic carbocycles. The summed E-state index contributed by atoms with van der Waals surface area (Å²) in [7, 11) is 2.02. The van der Waals surface area contributed by atoms with Crippen molar-refractivity contribution in [2.45, 2.75) is 25.8 Å². The van der Waals surface area contributed by atoms with Gasteiger partial charge in [-0.2, -0.15) is 0 Å². The molecular weight excluding hydrogens is 229 g/mol. The van der Waals surface area contributed by atoms with Crippen LogP contribution in [-0.4, -0.2) is 24.3 Å². The second-order valence-electron chi connectivity index (χ2n) is 5.21. The molecule has 0 radical (unpaired) electrons. The van der Waals surface area contributed by atoms with Gasteiger partial charge in [-0.15, -0.1) is 0 Å². The van der Waals surface area contributed by atoms with Gasteiger partial charge in [-0.3, -0.25) is 5.41 Å². The molecule has 1 aliphatic rings. The first-order chi connectivity index (χ1) is 8.56. The van der Waals surface area contributed by atoms with Gasteiger partial charge in [0.05, 0.1) is 0 Å². The molecule has 4 heteroatoms. The van der Waals surface area contributed by atoms with E-state index in [1.165, 1.54) is 25.3 Å². The van der Waals surface area contributed by atoms with E-state index in [1.54, 1.807) is 12.1 Å². The zero-order valence-electron chi connectivity index (χ0n) is 10.7. The second-order valence-corrected chi connectivity index (χ2v) is 5.21. The van der Waals surface area contributed by atoms with E-state index < -0.39 is 0 Å². The molecule has 0 saturated heterocycles. The summed E-state index contributed by atoms with van der Waals surface area (Å²) in [5, 5.41) is 7.27. The summed E-state index contributed by atoms with van der Waals surface area (Å²) in [4.78, 5) is 2.16. The topological polar surface area (TPSA) is 53.1 Å². The molecule has 1 aromatic rings. The highest BCUT2D eigenvalue weighted by atomic mass is 19.1. The van der Waals surface area contributed by atoms with Crippen LogP contribution in [0, 0.1) is 17.1 Å². The number of rotatable bonds is 5. The Bertz CT molecular complexity index is 441. The number of halogens is 1. The maximum Gasteiger partial charge on any atom is 0.128 e. The van der Waals surface area contributed by atoms with Crippen LogP contribution in [0.3, 0.4) is 0 Å². The summed E-state index contributed by atoms with van der Waals surface area (Å²) in [6.45, 7) is 1.65. The molecule has 98 valence electrons. The van der Waals surface area contributed by atoms with Gasteiger partial charge in [0.15, 0.2) is 0 Å². The number of hydrogen-bond donors (Lipinski definition) is 2. The van der Waals surface area contributed by atoms with Crippen molar-refractivity contribution >= 4 is 5.84 Å². The van der Waals surface area contributed by atoms with E-state index in [9.17, 15) is 4.39 Å². The van der Waals surface area contributed by atoms with Crippen LogP contribution < -0.4 is 5.73 Å². The third kappa shape index (κ3) is 3.07. The Labute approximate surface area is 107 Å². The monoisotopic (exact) mass is 249 g/mol. The fraction of sp³-hybridized carbons (Fsp3) is 0.500. The van der Waals surface area contributed by atoms with E-state index in [4.69, 9.17) is 11.1 Å². The third-order valence-corrected chi connectivity index (χ3v) is 3.60. The van der Waals surface area contributed by atoms with E-state index in [1.807, 2.05) is 7.05 Å². The van der Waals surface area contributed by atoms with Crippen molar-refractivity contribution in [2.75, 3.05) is 13.6 Å². The largest absolute Gasteiger partial charge is 0.384 e. The maximum atomic E-state index is 13.8. The lowest BCUT2D eigenvalue weighted by molar-refractivity contribution is 0.199. The second kappa shape index (κ2) is 5.48. The molecule has 3 nitrogen and oxygen atoms in total. The fourth-order valence-corrected chi connectivity index (χ4v) is 2.31. The lowest BCUT2D eigenvalue weighted by atomic mass is 9.85. The van der Waals surface area contributed by atoms with Crippen molar-refractivity contribution in [1.29, 1.82) is 5.41 Å². The van der Waals surface area contributed by atoms with Crippen molar-refractivity contribution in [3.05, 3.63) is 35.1 Å². The van der Waals surface area contributed by atoms with Gasteiger partial charge in [-0.25, -0.2) is 4.39 Å². The van der Waals surface area contributed by atoms with Gasteiger partial charge >= 0.3 is 0 Å². The lowest BCUT2D eigenvalue weighted by Crippen LogP contribution is -2.29. The van der Waals surface area contributed by atoms with Crippen molar-refractivity contribution in [1.82, 2.24) is 4.90 Å². The highest BCUT2D eigenvalue weighted by Gasteiger charge is 2.19. The van der Waals surface area contributed by atoms with Crippen LogP contribution in [0.2, 0.25) is 0 Å². The quantitative estimate of drug-likeness (QED) is 0.621. The Hall–Kier alpha value is -1.42. The van der Waals surface area contributed by atoms with Gasteiger partial charge < -0.3 is 10.6 Å². The van der Waals surface area contributed by atoms with E-state index in [0.29, 0.717) is 17.7 Å². The normalized spacial score (nSPS) is 15.7. The third-order valence-electron chi connectivity index (χ3n) is 3.60. The molecule has 2 rings (SSSR count). The summed E-state index contributed by atoms with van der Waals surface area (Å²) in [5.41, 5.74) is 6.44. The average Bonchev–Trinajstić information content (AvgIpc) is 2.26. The van der Waals surface area contributed by atoms with Gasteiger partial charge in [0.25, 0.3) is 0 Å². The van der Waals surface area contributed by atoms with Gasteiger partial charge in [0.1, 0.15) is 11.7 Å². The molecule has 3 N–H and O–H groups in total. The van der Waals surface area contributed by atoms with E-state index in [0.717, 1.165) is 12.5 Å². The standard InChI is InChI=1S/C14H20FN3/c1-18(8-10-3-2-4-10)9-12-6-5-11(14(16)17)7-13(12)15/h5-7,10H,2-4,8-9H2,1H3,(H3,16,17). The van der Waals surface area contributed by atoms with Crippen LogP contribution in [0.5, 0.6) is 0 Å². The molecule has 0 heterocycles. The van der Waals surface area contributed by atoms with E-state index >= 15 is 0 Å². The fourth-order valence-electron chi connectivity index (χ4n) is 2.31. The van der Waals surface area contributed by atoms with Gasteiger partial charge in [-0.05, 0) is 31.9 Å². The number of nitrogens with one attached hydrogen (secondary N) is 1. The van der Waals surface area contributed by atoms with Crippen LogP contribution >= 0.6 is 0 Å². The Kier molecular flexibility index (Phi) is 3.97. The molecule has 0 amide bonds. The number of hydrogen-bond acceptors (Lipinski definition) is 2. The minimum atomic E-state index is -0.275. The van der Waals surface area contributed by atoms with Crippen LogP contribution in [0.4, 0.5) is 4.39 Å². The Morgan fingerprint density at radius 3 is 2.72 bits per heavy atom. The summed E-state index contributed by atoms with van der Waals surface area (Å²) < 4.78 is 13.8. The summed E-state index contributed by atoms with van der Waals surface area (Å²) in [5.74, 6) is 0.418. The number of nitrogens with two attached hydrogens (primary N) is 1. The minimum Gasteiger partial charge on any atom is -0.384 e. The molecule has 0 aromatic heterocycles. The van der Waals surface area contributed by atoms with Crippen LogP contribution in [-0.2, 0) is 6.54 Å². The highest BCUT2D eigenvalue weighted by Crippen LogP contribution is 2.27. The Morgan fingerprint density at radius 2 is 2.22 bits per heavy atom. The zero-order valence-corrected chi connectivity index (χ0v) is 10.7. The summed E-state index contributed by atoms with van der Waals surface area (Å²) >= 11 is 0. The first kappa shape index (κ1) is 13.0. The molecule has 0 unspecified atom stereocenters. The first-order valence-electron chi connectivity index (χ1n) is 6.37. The van der Waals surface area contributed by atoms with E-state index in [-0.39, 0.29) is 11.7 Å². The van der Waals surface area contributed by atoms with Crippen LogP contribution in [0.15, 0.2) is 18.2 Å². The Morgan fingerprint density at radius 1 is 1.50 bits per heavy atom. The SMILES string of the molecule is CN(Cc1ccc(C(=N)N)cc1F)CC1CCC1. The number of nitrogen functional groups attached to an aromatic ring is 1. The summed E-state index contributed by atoms with van der Waals surface area (Å²) in [6.07, 6.45) is 3.94. The Balaban J connectivity index is 1.97. The molecule has 0 aliphatic heterocycles. The van der Waals surface area contributed by atoms with Gasteiger partial charge in [0.2, 0.25) is 0 Å². The van der Waals surface area contributed by atoms with Gasteiger partial charge in [0, 0.05) is 24.2 Å². The predicted octanol–water partition coefficient (Wildman–Crippen LogP) is 2.34. The summed E-state index contributed by atoms with van der Waals surface area (Å²) in [6, 6.07) is 4.77. The minimum absolute atomic E-state index is 0.0942. The maximum absolute atomic E-state index is 13.8. The van der Waals surface area contributed by atoms with Crippen molar-refractivity contribution in [3.63, 3.8) is 0 Å². The lowest BCUT2D eigenvalue weighted by Gasteiger charge is -2.30. The van der Waals surface area contributed by atoms with Crippen molar-refractivity contribution in [2.24, 2.45) is 11.7 Å². The molecule has 0 spiro atoms. The number of benzene rings is 1. The zero-order chi connectivity index (χ0) is 13.1. The van der Waals surface area contributed by atoms with Crippen LogP contribution in [0.25, 0.3) is 0 Å². The molecular formula is C14H20FN3. The smallest absolute Gasteiger partial charge is 0.128 e. The number of nitrogens with zero attached hydrogens (tertiary/aromatic N) is 1. The molecule has 1 saturated carbocycles.